The van der Waals surface area contributed by atoms with Gasteiger partial charge in [-0.1, -0.05) is 146 Å². The average Bonchev–Trinajstić information content (AvgIpc) is 3.19. The van der Waals surface area contributed by atoms with Gasteiger partial charge in [0.15, 0.2) is 5.82 Å². The van der Waals surface area contributed by atoms with E-state index in [-0.39, 0.29) is 0 Å². The lowest BCUT2D eigenvalue weighted by Gasteiger charge is -2.14. The summed E-state index contributed by atoms with van der Waals surface area (Å²) in [6.07, 6.45) is 3.70. The predicted octanol–water partition coefficient (Wildman–Crippen LogP) is 11.5. The molecule has 0 aliphatic carbocycles. The van der Waals surface area contributed by atoms with Crippen LogP contribution in [0.2, 0.25) is 0 Å². The van der Waals surface area contributed by atoms with Gasteiger partial charge in [0.05, 0.1) is 11.4 Å². The molecule has 48 heavy (non-hydrogen) atoms. The van der Waals surface area contributed by atoms with Crippen molar-refractivity contribution in [2.45, 2.75) is 0 Å². The standard InChI is InChI=1S/C45H31N3/c1-4-11-32(12-5-1)33-18-22-35(23-19-33)40-27-41(36-24-20-34(21-25-36)39-17-10-26-46-31-39)29-42(28-40)45-47-43(37-13-6-2-7-14-37)30-44(48-45)38-15-8-3-9-16-38/h1-31H. The zero-order valence-electron chi connectivity index (χ0n) is 26.2. The number of hydrogen-bond donors (Lipinski definition) is 0. The van der Waals surface area contributed by atoms with Crippen LogP contribution >= 0.6 is 0 Å². The summed E-state index contributed by atoms with van der Waals surface area (Å²) in [4.78, 5) is 14.6. The number of pyridine rings is 1. The van der Waals surface area contributed by atoms with Gasteiger partial charge < -0.3 is 0 Å². The van der Waals surface area contributed by atoms with Crippen LogP contribution in [0.4, 0.5) is 0 Å². The number of aromatic nitrogens is 3. The SMILES string of the molecule is c1ccc(-c2ccc(-c3cc(-c4ccc(-c5cccnc5)cc4)cc(-c4nc(-c5ccccc5)cc(-c5ccccc5)n4)c3)cc2)cc1. The molecular formula is C45H31N3. The fourth-order valence-electron chi connectivity index (χ4n) is 6.05. The molecule has 0 fully saturated rings. The highest BCUT2D eigenvalue weighted by atomic mass is 14.9. The molecule has 8 aromatic rings. The Kier molecular flexibility index (Phi) is 7.92. The Morgan fingerprint density at radius 2 is 0.646 bits per heavy atom. The second kappa shape index (κ2) is 13.1. The van der Waals surface area contributed by atoms with E-state index in [0.29, 0.717) is 5.82 Å². The predicted molar refractivity (Wildman–Crippen MR) is 198 cm³/mol. The first-order valence-corrected chi connectivity index (χ1v) is 16.1. The Hall–Kier alpha value is -6.45. The van der Waals surface area contributed by atoms with Crippen LogP contribution < -0.4 is 0 Å². The number of benzene rings is 6. The lowest BCUT2D eigenvalue weighted by molar-refractivity contribution is 1.18. The molecule has 0 aliphatic rings. The minimum atomic E-state index is 0.686. The summed E-state index contributed by atoms with van der Waals surface area (Å²) in [5, 5.41) is 0. The Balaban J connectivity index is 1.28. The molecule has 0 N–H and O–H groups in total. The minimum Gasteiger partial charge on any atom is -0.264 e. The molecule has 0 atom stereocenters. The van der Waals surface area contributed by atoms with Crippen LogP contribution in [0.3, 0.4) is 0 Å². The molecule has 0 radical (unpaired) electrons. The quantitative estimate of drug-likeness (QED) is 0.179. The monoisotopic (exact) mass is 613 g/mol. The smallest absolute Gasteiger partial charge is 0.160 e. The second-order valence-corrected chi connectivity index (χ2v) is 11.8. The maximum absolute atomic E-state index is 5.16. The summed E-state index contributed by atoms with van der Waals surface area (Å²) in [6.45, 7) is 0. The highest BCUT2D eigenvalue weighted by Crippen LogP contribution is 2.35. The Morgan fingerprint density at radius 1 is 0.271 bits per heavy atom. The first-order valence-electron chi connectivity index (χ1n) is 16.1. The van der Waals surface area contributed by atoms with E-state index in [9.17, 15) is 0 Å². The van der Waals surface area contributed by atoms with Crippen LogP contribution in [0.15, 0.2) is 188 Å². The van der Waals surface area contributed by atoms with E-state index in [1.54, 1.807) is 6.20 Å². The first kappa shape index (κ1) is 29.0. The van der Waals surface area contributed by atoms with Crippen molar-refractivity contribution in [3.8, 4) is 78.4 Å². The van der Waals surface area contributed by atoms with Gasteiger partial charge in [-0.25, -0.2) is 9.97 Å². The summed E-state index contributed by atoms with van der Waals surface area (Å²) >= 11 is 0. The molecular weight excluding hydrogens is 583 g/mol. The normalized spacial score (nSPS) is 10.9. The average molecular weight is 614 g/mol. The zero-order valence-corrected chi connectivity index (χ0v) is 26.2. The lowest BCUT2D eigenvalue weighted by atomic mass is 9.93. The van der Waals surface area contributed by atoms with E-state index in [1.807, 2.05) is 54.7 Å². The Labute approximate surface area is 280 Å². The molecule has 2 aromatic heterocycles. The van der Waals surface area contributed by atoms with Crippen LogP contribution in [-0.4, -0.2) is 15.0 Å². The van der Waals surface area contributed by atoms with Gasteiger partial charge in [0.2, 0.25) is 0 Å². The van der Waals surface area contributed by atoms with Crippen LogP contribution in [0.1, 0.15) is 0 Å². The van der Waals surface area contributed by atoms with Crippen LogP contribution in [-0.2, 0) is 0 Å². The summed E-state index contributed by atoms with van der Waals surface area (Å²) < 4.78 is 0. The molecule has 3 nitrogen and oxygen atoms in total. The van der Waals surface area contributed by atoms with Crippen molar-refractivity contribution in [3.05, 3.63) is 188 Å². The third-order valence-corrected chi connectivity index (χ3v) is 8.59. The van der Waals surface area contributed by atoms with Crippen molar-refractivity contribution in [3.63, 3.8) is 0 Å². The maximum atomic E-state index is 5.16. The first-order chi connectivity index (χ1) is 23.8. The molecule has 0 bridgehead atoms. The Bertz CT molecular complexity index is 2120. The van der Waals surface area contributed by atoms with Crippen LogP contribution in [0.25, 0.3) is 78.4 Å². The molecule has 0 saturated carbocycles. The summed E-state index contributed by atoms with van der Waals surface area (Å²) in [6, 6.07) is 61.4. The highest BCUT2D eigenvalue weighted by molar-refractivity contribution is 5.82. The van der Waals surface area contributed by atoms with Gasteiger partial charge in [0.1, 0.15) is 0 Å². The van der Waals surface area contributed by atoms with Gasteiger partial charge in [-0.2, -0.15) is 0 Å². The van der Waals surface area contributed by atoms with E-state index in [1.165, 1.54) is 11.1 Å². The molecule has 2 heterocycles. The van der Waals surface area contributed by atoms with Gasteiger partial charge in [0, 0.05) is 29.1 Å². The maximum Gasteiger partial charge on any atom is 0.160 e. The number of rotatable bonds is 7. The van der Waals surface area contributed by atoms with E-state index in [4.69, 9.17) is 9.97 Å². The van der Waals surface area contributed by atoms with Crippen molar-refractivity contribution in [2.75, 3.05) is 0 Å². The third kappa shape index (κ3) is 6.18. The fourth-order valence-corrected chi connectivity index (χ4v) is 6.05. The molecule has 0 saturated heterocycles. The molecule has 0 unspecified atom stereocenters. The van der Waals surface area contributed by atoms with Crippen molar-refractivity contribution >= 4 is 0 Å². The molecule has 6 aromatic carbocycles. The minimum absolute atomic E-state index is 0.686. The van der Waals surface area contributed by atoms with Crippen molar-refractivity contribution < 1.29 is 0 Å². The van der Waals surface area contributed by atoms with Gasteiger partial charge in [0.25, 0.3) is 0 Å². The highest BCUT2D eigenvalue weighted by Gasteiger charge is 2.14. The molecule has 226 valence electrons. The third-order valence-electron chi connectivity index (χ3n) is 8.59. The van der Waals surface area contributed by atoms with Gasteiger partial charge >= 0.3 is 0 Å². The van der Waals surface area contributed by atoms with E-state index >= 15 is 0 Å². The molecule has 3 heteroatoms. The van der Waals surface area contributed by atoms with E-state index < -0.39 is 0 Å². The van der Waals surface area contributed by atoms with Gasteiger partial charge in [-0.15, -0.1) is 0 Å². The topological polar surface area (TPSA) is 38.7 Å². The molecule has 8 rings (SSSR count). The molecule has 0 spiro atoms. The molecule has 0 aliphatic heterocycles. The van der Waals surface area contributed by atoms with Crippen LogP contribution in [0, 0.1) is 0 Å². The summed E-state index contributed by atoms with van der Waals surface area (Å²) in [5.74, 6) is 0.686. The molecule has 0 amide bonds. The van der Waals surface area contributed by atoms with Crippen molar-refractivity contribution in [1.29, 1.82) is 0 Å². The number of nitrogens with zero attached hydrogens (tertiary/aromatic N) is 3. The summed E-state index contributed by atoms with van der Waals surface area (Å²) in [5.41, 5.74) is 13.9. The second-order valence-electron chi connectivity index (χ2n) is 11.8. The van der Waals surface area contributed by atoms with E-state index in [2.05, 4.69) is 132 Å². The largest absolute Gasteiger partial charge is 0.264 e. The van der Waals surface area contributed by atoms with Gasteiger partial charge in [-0.3, -0.25) is 4.98 Å². The fraction of sp³-hybridized carbons (Fsp3) is 0. The van der Waals surface area contributed by atoms with E-state index in [0.717, 1.165) is 61.5 Å². The lowest BCUT2D eigenvalue weighted by Crippen LogP contribution is -1.97. The van der Waals surface area contributed by atoms with Crippen LogP contribution in [0.5, 0.6) is 0 Å². The zero-order chi connectivity index (χ0) is 32.1. The van der Waals surface area contributed by atoms with Crippen molar-refractivity contribution in [1.82, 2.24) is 15.0 Å². The van der Waals surface area contributed by atoms with Gasteiger partial charge in [-0.05, 0) is 74.8 Å². The van der Waals surface area contributed by atoms with Crippen molar-refractivity contribution in [2.24, 2.45) is 0 Å². The summed E-state index contributed by atoms with van der Waals surface area (Å²) in [7, 11) is 0. The Morgan fingerprint density at radius 3 is 1.10 bits per heavy atom. The number of hydrogen-bond acceptors (Lipinski definition) is 3.